The van der Waals surface area contributed by atoms with Crippen LogP contribution < -0.4 is 5.32 Å². The fourth-order valence-electron chi connectivity index (χ4n) is 1.87. The molecule has 0 bridgehead atoms. The summed E-state index contributed by atoms with van der Waals surface area (Å²) in [6.45, 7) is 0.589. The third-order valence-electron chi connectivity index (χ3n) is 2.96. The lowest BCUT2D eigenvalue weighted by Crippen LogP contribution is -2.24. The number of alkyl halides is 2. The lowest BCUT2D eigenvalue weighted by molar-refractivity contribution is 0.0953. The fraction of sp³-hybridized carbons (Fsp3) is 0.235. The molecular weight excluding hydrogens is 336 g/mol. The van der Waals surface area contributed by atoms with Gasteiger partial charge in [-0.05, 0) is 48.6 Å². The van der Waals surface area contributed by atoms with Crippen molar-refractivity contribution >= 4 is 29.4 Å². The molecule has 23 heavy (non-hydrogen) atoms. The van der Waals surface area contributed by atoms with Gasteiger partial charge < -0.3 is 5.32 Å². The number of halogens is 2. The van der Waals surface area contributed by atoms with Crippen molar-refractivity contribution in [3.63, 3.8) is 0 Å². The Kier molecular flexibility index (Phi) is 7.42. The third-order valence-corrected chi connectivity index (χ3v) is 4.78. The van der Waals surface area contributed by atoms with E-state index in [0.29, 0.717) is 28.8 Å². The third kappa shape index (κ3) is 6.62. The number of rotatable bonds is 8. The number of carbonyl (C=O) groups excluding carboxylic acids is 1. The van der Waals surface area contributed by atoms with Gasteiger partial charge in [-0.3, -0.25) is 4.79 Å². The van der Waals surface area contributed by atoms with Crippen LogP contribution in [0.5, 0.6) is 0 Å². The summed E-state index contributed by atoms with van der Waals surface area (Å²) in [5.41, 5.74) is 0.485. The Morgan fingerprint density at radius 1 is 1.00 bits per heavy atom. The zero-order valence-corrected chi connectivity index (χ0v) is 14.0. The second kappa shape index (κ2) is 9.57. The maximum atomic E-state index is 12.2. The van der Waals surface area contributed by atoms with E-state index in [9.17, 15) is 13.6 Å². The van der Waals surface area contributed by atoms with Gasteiger partial charge >= 0.3 is 0 Å². The van der Waals surface area contributed by atoms with Crippen LogP contribution in [0.15, 0.2) is 64.4 Å². The van der Waals surface area contributed by atoms with Crippen LogP contribution in [0.3, 0.4) is 0 Å². The van der Waals surface area contributed by atoms with Gasteiger partial charge in [0, 0.05) is 21.9 Å². The van der Waals surface area contributed by atoms with Crippen LogP contribution in [-0.4, -0.2) is 24.0 Å². The molecule has 6 heteroatoms. The van der Waals surface area contributed by atoms with E-state index in [4.69, 9.17) is 0 Å². The molecule has 2 aromatic rings. The average Bonchev–Trinajstić information content (AvgIpc) is 2.55. The Bertz CT molecular complexity index is 606. The van der Waals surface area contributed by atoms with Crippen LogP contribution in [-0.2, 0) is 0 Å². The molecule has 0 radical (unpaired) electrons. The van der Waals surface area contributed by atoms with Crippen molar-refractivity contribution in [3.8, 4) is 0 Å². The molecular formula is C17H17F2NOS2. The van der Waals surface area contributed by atoms with Gasteiger partial charge in [0.05, 0.1) is 0 Å². The quantitative estimate of drug-likeness (QED) is 0.540. The molecule has 0 aromatic heterocycles. The molecule has 0 aliphatic rings. The lowest BCUT2D eigenvalue weighted by atomic mass is 10.2. The Morgan fingerprint density at radius 3 is 2.35 bits per heavy atom. The molecule has 0 atom stereocenters. The molecule has 0 spiro atoms. The monoisotopic (exact) mass is 353 g/mol. The smallest absolute Gasteiger partial charge is 0.288 e. The van der Waals surface area contributed by atoms with Crippen molar-refractivity contribution in [1.82, 2.24) is 5.32 Å². The Labute approximate surface area is 143 Å². The van der Waals surface area contributed by atoms with Gasteiger partial charge in [0.2, 0.25) is 0 Å². The zero-order chi connectivity index (χ0) is 16.5. The van der Waals surface area contributed by atoms with Gasteiger partial charge in [-0.15, -0.1) is 11.8 Å². The van der Waals surface area contributed by atoms with Crippen molar-refractivity contribution in [2.45, 2.75) is 22.0 Å². The van der Waals surface area contributed by atoms with Crippen LogP contribution in [0.2, 0.25) is 0 Å². The molecule has 0 aliphatic carbocycles. The van der Waals surface area contributed by atoms with E-state index >= 15 is 0 Å². The van der Waals surface area contributed by atoms with Gasteiger partial charge in [0.25, 0.3) is 11.7 Å². The van der Waals surface area contributed by atoms with E-state index in [1.165, 1.54) is 17.0 Å². The first-order valence-electron chi connectivity index (χ1n) is 7.16. The summed E-state index contributed by atoms with van der Waals surface area (Å²) in [6.07, 6.45) is 0.866. The number of carbonyl (C=O) groups is 1. The van der Waals surface area contributed by atoms with Crippen molar-refractivity contribution in [2.75, 3.05) is 12.3 Å². The van der Waals surface area contributed by atoms with E-state index in [1.807, 2.05) is 18.2 Å². The predicted octanol–water partition coefficient (Wildman–Crippen LogP) is 4.91. The molecule has 0 saturated heterocycles. The summed E-state index contributed by atoms with van der Waals surface area (Å²) in [5, 5.41) is 2.84. The largest absolute Gasteiger partial charge is 0.352 e. The Balaban J connectivity index is 1.68. The number of hydrogen-bond acceptors (Lipinski definition) is 3. The number of hydrogen-bond donors (Lipinski definition) is 1. The first-order chi connectivity index (χ1) is 11.1. The molecule has 2 aromatic carbocycles. The molecule has 2 rings (SSSR count). The van der Waals surface area contributed by atoms with Crippen LogP contribution >= 0.6 is 23.5 Å². The maximum Gasteiger partial charge on any atom is 0.288 e. The highest BCUT2D eigenvalue weighted by molar-refractivity contribution is 7.99. The molecule has 0 fully saturated rings. The summed E-state index contributed by atoms with van der Waals surface area (Å²) < 4.78 is 24.4. The molecule has 1 amide bonds. The van der Waals surface area contributed by atoms with Crippen molar-refractivity contribution in [2.24, 2.45) is 0 Å². The van der Waals surface area contributed by atoms with Crippen molar-refractivity contribution in [3.05, 3.63) is 60.2 Å². The van der Waals surface area contributed by atoms with E-state index in [0.717, 1.165) is 12.2 Å². The number of thioether (sulfide) groups is 2. The summed E-state index contributed by atoms with van der Waals surface area (Å²) in [5.74, 6) is -1.70. The highest BCUT2D eigenvalue weighted by atomic mass is 32.2. The second-order valence-electron chi connectivity index (χ2n) is 4.67. The predicted molar refractivity (Wildman–Crippen MR) is 92.4 cm³/mol. The maximum absolute atomic E-state index is 12.2. The van der Waals surface area contributed by atoms with E-state index in [2.05, 4.69) is 17.4 Å². The summed E-state index contributed by atoms with van der Waals surface area (Å²) in [4.78, 5) is 13.6. The van der Waals surface area contributed by atoms with Gasteiger partial charge in [-0.25, -0.2) is 0 Å². The minimum absolute atomic E-state index is 0.177. The average molecular weight is 353 g/mol. The number of amides is 1. The van der Waals surface area contributed by atoms with Gasteiger partial charge in [-0.1, -0.05) is 30.0 Å². The Hall–Kier alpha value is -1.53. The SMILES string of the molecule is O=C(NCCCSc1ccccc1)c1ccc(SC(F)F)cc1. The molecule has 122 valence electrons. The topological polar surface area (TPSA) is 29.1 Å². The molecule has 1 N–H and O–H groups in total. The van der Waals surface area contributed by atoms with Gasteiger partial charge in [0.1, 0.15) is 0 Å². The van der Waals surface area contributed by atoms with Crippen molar-refractivity contribution in [1.29, 1.82) is 0 Å². The minimum atomic E-state index is -2.45. The Morgan fingerprint density at radius 2 is 1.70 bits per heavy atom. The lowest BCUT2D eigenvalue weighted by Gasteiger charge is -2.06. The summed E-state index contributed by atoms with van der Waals surface area (Å²) >= 11 is 2.22. The van der Waals surface area contributed by atoms with E-state index < -0.39 is 5.76 Å². The minimum Gasteiger partial charge on any atom is -0.352 e. The van der Waals surface area contributed by atoms with Gasteiger partial charge in [0.15, 0.2) is 0 Å². The molecule has 0 unspecified atom stereocenters. The number of benzene rings is 2. The first kappa shape index (κ1) is 17.8. The fourth-order valence-corrected chi connectivity index (χ4v) is 3.24. The highest BCUT2D eigenvalue weighted by Crippen LogP contribution is 2.25. The molecule has 0 aliphatic heterocycles. The summed E-state index contributed by atoms with van der Waals surface area (Å²) in [7, 11) is 0. The zero-order valence-electron chi connectivity index (χ0n) is 12.4. The number of nitrogens with one attached hydrogen (secondary N) is 1. The molecule has 2 nitrogen and oxygen atoms in total. The molecule has 0 heterocycles. The van der Waals surface area contributed by atoms with E-state index in [-0.39, 0.29) is 5.91 Å². The summed E-state index contributed by atoms with van der Waals surface area (Å²) in [6, 6.07) is 16.3. The van der Waals surface area contributed by atoms with Crippen LogP contribution in [0.25, 0.3) is 0 Å². The standard InChI is InChI=1S/C17H17F2NOS2/c18-17(19)23-15-9-7-13(8-10-15)16(21)20-11-4-12-22-14-5-2-1-3-6-14/h1-3,5-10,17H,4,11-12H2,(H,20,21). The van der Waals surface area contributed by atoms with Crippen LogP contribution in [0, 0.1) is 0 Å². The second-order valence-corrected chi connectivity index (χ2v) is 6.91. The van der Waals surface area contributed by atoms with Gasteiger partial charge in [-0.2, -0.15) is 8.78 Å². The first-order valence-corrected chi connectivity index (χ1v) is 9.02. The highest BCUT2D eigenvalue weighted by Gasteiger charge is 2.08. The normalized spacial score (nSPS) is 10.7. The van der Waals surface area contributed by atoms with Crippen LogP contribution in [0.1, 0.15) is 16.8 Å². The molecule has 0 saturated carbocycles. The van der Waals surface area contributed by atoms with Crippen LogP contribution in [0.4, 0.5) is 8.78 Å². The van der Waals surface area contributed by atoms with E-state index in [1.54, 1.807) is 23.9 Å². The van der Waals surface area contributed by atoms with Crippen molar-refractivity contribution < 1.29 is 13.6 Å².